The molecule has 0 aliphatic heterocycles. The maximum absolute atomic E-state index is 11.9. The van der Waals surface area contributed by atoms with E-state index in [0.717, 1.165) is 19.3 Å². The number of carbonyl (C=O) groups excluding carboxylic acids is 1. The predicted octanol–water partition coefficient (Wildman–Crippen LogP) is 2.95. The zero-order valence-corrected chi connectivity index (χ0v) is 13.1. The van der Waals surface area contributed by atoms with Crippen molar-refractivity contribution in [3.63, 3.8) is 0 Å². The highest BCUT2D eigenvalue weighted by Crippen LogP contribution is 2.25. The first-order valence-electron chi connectivity index (χ1n) is 6.93. The van der Waals surface area contributed by atoms with Gasteiger partial charge in [0, 0.05) is 12.5 Å². The van der Waals surface area contributed by atoms with Crippen LogP contribution in [0.4, 0.5) is 0 Å². The van der Waals surface area contributed by atoms with Gasteiger partial charge in [-0.2, -0.15) is 11.3 Å². The Hall–Kier alpha value is -0.870. The van der Waals surface area contributed by atoms with Crippen molar-refractivity contribution in [2.24, 2.45) is 11.1 Å². The van der Waals surface area contributed by atoms with E-state index in [-0.39, 0.29) is 17.4 Å². The molecule has 4 heteroatoms. The molecule has 0 spiro atoms. The maximum atomic E-state index is 11.9. The average molecular weight is 282 g/mol. The standard InChI is InChI=1S/C15H26N2OS/c1-12(10-13-5-9-19-11-13)17-14(18)4-6-15(2,3)7-8-16/h5,9,11-12H,4,6-8,10,16H2,1-3H3,(H,17,18). The topological polar surface area (TPSA) is 55.1 Å². The monoisotopic (exact) mass is 282 g/mol. The molecule has 1 atom stereocenters. The van der Waals surface area contributed by atoms with Gasteiger partial charge in [-0.05, 0) is 60.5 Å². The van der Waals surface area contributed by atoms with Gasteiger partial charge in [-0.25, -0.2) is 0 Å². The van der Waals surface area contributed by atoms with Gasteiger partial charge in [0.05, 0.1) is 0 Å². The van der Waals surface area contributed by atoms with Crippen molar-refractivity contribution in [3.8, 4) is 0 Å². The van der Waals surface area contributed by atoms with Crippen LogP contribution in [0.15, 0.2) is 16.8 Å². The van der Waals surface area contributed by atoms with Crippen LogP contribution in [0.25, 0.3) is 0 Å². The lowest BCUT2D eigenvalue weighted by Crippen LogP contribution is -2.34. The Morgan fingerprint density at radius 1 is 1.47 bits per heavy atom. The molecule has 0 fully saturated rings. The Labute approximate surface area is 120 Å². The van der Waals surface area contributed by atoms with E-state index in [2.05, 4.69) is 42.9 Å². The molecule has 1 rings (SSSR count). The molecule has 3 nitrogen and oxygen atoms in total. The van der Waals surface area contributed by atoms with Crippen LogP contribution >= 0.6 is 11.3 Å². The predicted molar refractivity (Wildman–Crippen MR) is 82.3 cm³/mol. The zero-order valence-electron chi connectivity index (χ0n) is 12.2. The summed E-state index contributed by atoms with van der Waals surface area (Å²) in [5.41, 5.74) is 7.03. The van der Waals surface area contributed by atoms with Gasteiger partial charge in [0.15, 0.2) is 0 Å². The summed E-state index contributed by atoms with van der Waals surface area (Å²) in [6, 6.07) is 2.30. The molecular weight excluding hydrogens is 256 g/mol. The molecule has 1 unspecified atom stereocenters. The van der Waals surface area contributed by atoms with Crippen molar-refractivity contribution < 1.29 is 4.79 Å². The van der Waals surface area contributed by atoms with Crippen molar-refractivity contribution in [1.82, 2.24) is 5.32 Å². The van der Waals surface area contributed by atoms with Crippen LogP contribution in [0.1, 0.15) is 45.6 Å². The summed E-state index contributed by atoms with van der Waals surface area (Å²) >= 11 is 1.70. The zero-order chi connectivity index (χ0) is 14.3. The number of thiophene rings is 1. The number of nitrogens with two attached hydrogens (primary N) is 1. The minimum absolute atomic E-state index is 0.146. The first kappa shape index (κ1) is 16.2. The lowest BCUT2D eigenvalue weighted by Gasteiger charge is -2.23. The second-order valence-corrected chi connectivity index (χ2v) is 6.79. The SMILES string of the molecule is CC(Cc1ccsc1)NC(=O)CCC(C)(C)CCN. The maximum Gasteiger partial charge on any atom is 0.220 e. The fourth-order valence-corrected chi connectivity index (χ4v) is 2.81. The number of carbonyl (C=O) groups is 1. The Bertz CT molecular complexity index is 374. The molecule has 1 aromatic rings. The molecule has 1 amide bonds. The summed E-state index contributed by atoms with van der Waals surface area (Å²) in [4.78, 5) is 11.9. The van der Waals surface area contributed by atoms with Gasteiger partial charge in [-0.15, -0.1) is 0 Å². The van der Waals surface area contributed by atoms with Crippen LogP contribution < -0.4 is 11.1 Å². The van der Waals surface area contributed by atoms with E-state index < -0.39 is 0 Å². The van der Waals surface area contributed by atoms with Crippen LogP contribution in [0.3, 0.4) is 0 Å². The summed E-state index contributed by atoms with van der Waals surface area (Å²) < 4.78 is 0. The molecular formula is C15H26N2OS. The van der Waals surface area contributed by atoms with E-state index in [9.17, 15) is 4.79 Å². The molecule has 0 aliphatic carbocycles. The molecule has 1 aromatic heterocycles. The smallest absolute Gasteiger partial charge is 0.220 e. The van der Waals surface area contributed by atoms with Gasteiger partial charge in [0.2, 0.25) is 5.91 Å². The van der Waals surface area contributed by atoms with Gasteiger partial charge >= 0.3 is 0 Å². The number of hydrogen-bond acceptors (Lipinski definition) is 3. The second-order valence-electron chi connectivity index (χ2n) is 6.01. The summed E-state index contributed by atoms with van der Waals surface area (Å²) in [6.45, 7) is 7.08. The number of nitrogens with one attached hydrogen (secondary N) is 1. The Morgan fingerprint density at radius 3 is 2.79 bits per heavy atom. The van der Waals surface area contributed by atoms with E-state index >= 15 is 0 Å². The van der Waals surface area contributed by atoms with Gasteiger partial charge in [-0.3, -0.25) is 4.79 Å². The number of rotatable bonds is 8. The molecule has 0 aromatic carbocycles. The summed E-state index contributed by atoms with van der Waals surface area (Å²) in [7, 11) is 0. The van der Waals surface area contributed by atoms with E-state index in [1.807, 2.05) is 0 Å². The lowest BCUT2D eigenvalue weighted by molar-refractivity contribution is -0.122. The quantitative estimate of drug-likeness (QED) is 0.770. The van der Waals surface area contributed by atoms with E-state index in [1.165, 1.54) is 5.56 Å². The van der Waals surface area contributed by atoms with Crippen molar-refractivity contribution >= 4 is 17.2 Å². The highest BCUT2D eigenvalue weighted by molar-refractivity contribution is 7.07. The van der Waals surface area contributed by atoms with Gasteiger partial charge < -0.3 is 11.1 Å². The fourth-order valence-electron chi connectivity index (χ4n) is 2.13. The molecule has 0 radical (unpaired) electrons. The minimum atomic E-state index is 0.146. The minimum Gasteiger partial charge on any atom is -0.353 e. The lowest BCUT2D eigenvalue weighted by atomic mass is 9.84. The third kappa shape index (κ3) is 6.73. The van der Waals surface area contributed by atoms with Crippen LogP contribution in [0.2, 0.25) is 0 Å². The van der Waals surface area contributed by atoms with Gasteiger partial charge in [0.25, 0.3) is 0 Å². The van der Waals surface area contributed by atoms with Crippen molar-refractivity contribution in [2.75, 3.05) is 6.54 Å². The summed E-state index contributed by atoms with van der Waals surface area (Å²) in [6.07, 6.45) is 3.34. The third-order valence-corrected chi connectivity index (χ3v) is 4.11. The summed E-state index contributed by atoms with van der Waals surface area (Å²) in [5.74, 6) is 0.146. The number of hydrogen-bond donors (Lipinski definition) is 2. The van der Waals surface area contributed by atoms with Gasteiger partial charge in [-0.1, -0.05) is 13.8 Å². The van der Waals surface area contributed by atoms with Crippen LogP contribution in [-0.4, -0.2) is 18.5 Å². The van der Waals surface area contributed by atoms with E-state index in [1.54, 1.807) is 11.3 Å². The highest BCUT2D eigenvalue weighted by Gasteiger charge is 2.18. The van der Waals surface area contributed by atoms with Crippen molar-refractivity contribution in [2.45, 2.75) is 52.5 Å². The Morgan fingerprint density at radius 2 is 2.21 bits per heavy atom. The second kappa shape index (κ2) is 7.65. The molecule has 0 aliphatic rings. The molecule has 108 valence electrons. The van der Waals surface area contributed by atoms with Crippen molar-refractivity contribution in [1.29, 1.82) is 0 Å². The average Bonchev–Trinajstić information content (AvgIpc) is 2.79. The molecule has 3 N–H and O–H groups in total. The molecule has 0 bridgehead atoms. The molecule has 0 saturated carbocycles. The first-order chi connectivity index (χ1) is 8.93. The summed E-state index contributed by atoms with van der Waals surface area (Å²) in [5, 5.41) is 7.27. The van der Waals surface area contributed by atoms with Crippen LogP contribution in [-0.2, 0) is 11.2 Å². The Balaban J connectivity index is 2.27. The third-order valence-electron chi connectivity index (χ3n) is 3.38. The first-order valence-corrected chi connectivity index (χ1v) is 7.88. The Kier molecular flexibility index (Phi) is 6.52. The van der Waals surface area contributed by atoms with Crippen LogP contribution in [0, 0.1) is 5.41 Å². The molecule has 1 heterocycles. The van der Waals surface area contributed by atoms with Gasteiger partial charge in [0.1, 0.15) is 0 Å². The fraction of sp³-hybridized carbons (Fsp3) is 0.667. The number of amides is 1. The normalized spacial score (nSPS) is 13.3. The molecule has 0 saturated heterocycles. The molecule has 19 heavy (non-hydrogen) atoms. The van der Waals surface area contributed by atoms with Crippen LogP contribution in [0.5, 0.6) is 0 Å². The van der Waals surface area contributed by atoms with Crippen molar-refractivity contribution in [3.05, 3.63) is 22.4 Å². The highest BCUT2D eigenvalue weighted by atomic mass is 32.1. The van der Waals surface area contributed by atoms with E-state index in [4.69, 9.17) is 5.73 Å². The van der Waals surface area contributed by atoms with E-state index in [0.29, 0.717) is 13.0 Å². The largest absolute Gasteiger partial charge is 0.353 e.